The summed E-state index contributed by atoms with van der Waals surface area (Å²) in [5.74, 6) is 0. The molecular formula is C16H18Ti. The molecule has 1 aliphatic carbocycles. The summed E-state index contributed by atoms with van der Waals surface area (Å²) < 4.78 is 0. The second-order valence-corrected chi connectivity index (χ2v) is 6.08. The monoisotopic (exact) mass is 258 g/mol. The number of benzene rings is 2. The van der Waals surface area contributed by atoms with Gasteiger partial charge >= 0.3 is 29.6 Å². The Balaban J connectivity index is 0.000000329. The summed E-state index contributed by atoms with van der Waals surface area (Å²) in [6, 6.07) is 13.1. The molecule has 0 saturated carbocycles. The van der Waals surface area contributed by atoms with Gasteiger partial charge in [0.25, 0.3) is 0 Å². The third-order valence-electron chi connectivity index (χ3n) is 2.93. The topological polar surface area (TPSA) is 0 Å². The molecule has 0 N–H and O–H groups in total. The van der Waals surface area contributed by atoms with Crippen LogP contribution in [0.25, 0.3) is 16.8 Å². The first-order chi connectivity index (χ1) is 8.26. The number of hydrogen-bond donors (Lipinski definition) is 0. The van der Waals surface area contributed by atoms with E-state index in [0.717, 1.165) is 6.42 Å². The molecule has 0 radical (unpaired) electrons. The molecule has 0 amide bonds. The van der Waals surface area contributed by atoms with Crippen LogP contribution in [-0.4, -0.2) is 0 Å². The fourth-order valence-corrected chi connectivity index (χ4v) is 2.28. The maximum atomic E-state index is 2.29. The zero-order chi connectivity index (χ0) is 12.3. The van der Waals surface area contributed by atoms with E-state index in [0.29, 0.717) is 19.2 Å². The first-order valence-electron chi connectivity index (χ1n) is 6.02. The van der Waals surface area contributed by atoms with Crippen molar-refractivity contribution in [3.8, 4) is 0 Å². The van der Waals surface area contributed by atoms with Crippen LogP contribution in [0, 0.1) is 0 Å². The summed E-state index contributed by atoms with van der Waals surface area (Å²) in [5.41, 5.74) is 4.37. The van der Waals surface area contributed by atoms with Crippen LogP contribution >= 0.6 is 0 Å². The van der Waals surface area contributed by atoms with Gasteiger partial charge in [-0.05, 0) is 35.2 Å². The van der Waals surface area contributed by atoms with Crippen molar-refractivity contribution in [1.82, 2.24) is 0 Å². The van der Waals surface area contributed by atoms with E-state index >= 15 is 0 Å². The van der Waals surface area contributed by atoms with Crippen molar-refractivity contribution in [2.75, 3.05) is 0 Å². The van der Waals surface area contributed by atoms with Crippen LogP contribution < -0.4 is 0 Å². The Morgan fingerprint density at radius 3 is 2.47 bits per heavy atom. The molecule has 2 aromatic rings. The molecule has 1 heteroatoms. The zero-order valence-electron chi connectivity index (χ0n) is 10.7. The molecular weight excluding hydrogens is 240 g/mol. The molecule has 0 unspecified atom stereocenters. The van der Waals surface area contributed by atoms with Crippen LogP contribution in [0.1, 0.15) is 18.1 Å². The molecule has 0 aliphatic heterocycles. The molecule has 0 heterocycles. The van der Waals surface area contributed by atoms with E-state index in [1.54, 1.807) is 0 Å². The zero-order valence-corrected chi connectivity index (χ0v) is 12.3. The average molecular weight is 258 g/mol. The van der Waals surface area contributed by atoms with Gasteiger partial charge in [-0.1, -0.05) is 48.0 Å². The summed E-state index contributed by atoms with van der Waals surface area (Å²) in [6.45, 7) is 2.20. The Morgan fingerprint density at radius 1 is 1.00 bits per heavy atom. The van der Waals surface area contributed by atoms with Crippen LogP contribution in [0.5, 0.6) is 0 Å². The van der Waals surface area contributed by atoms with Crippen molar-refractivity contribution in [3.63, 3.8) is 0 Å². The Labute approximate surface area is 113 Å². The van der Waals surface area contributed by atoms with Crippen LogP contribution in [0.2, 0.25) is 10.5 Å². The van der Waals surface area contributed by atoms with Gasteiger partial charge < -0.3 is 0 Å². The van der Waals surface area contributed by atoms with E-state index in [2.05, 4.69) is 59.9 Å². The number of rotatable bonds is 0. The second kappa shape index (κ2) is 5.66. The summed E-state index contributed by atoms with van der Waals surface area (Å²) in [4.78, 5) is 0. The molecule has 17 heavy (non-hydrogen) atoms. The van der Waals surface area contributed by atoms with Gasteiger partial charge in [-0.25, -0.2) is 0 Å². The van der Waals surface area contributed by atoms with E-state index in [-0.39, 0.29) is 0 Å². The molecule has 0 saturated heterocycles. The normalized spacial score (nSPS) is 12.5. The van der Waals surface area contributed by atoms with Crippen molar-refractivity contribution in [3.05, 3.63) is 53.1 Å². The van der Waals surface area contributed by atoms with Crippen molar-refractivity contribution in [2.24, 2.45) is 0 Å². The molecule has 0 atom stereocenters. The van der Waals surface area contributed by atoms with E-state index in [9.17, 15) is 0 Å². The quantitative estimate of drug-likeness (QED) is 0.585. The Kier molecular flexibility index (Phi) is 4.20. The predicted octanol–water partition coefficient (Wildman–Crippen LogP) is 4.96. The number of fused-ring (bicyclic) bond motifs is 3. The SMILES string of the molecule is CC1=Cc2ccc3ccccc3c2C1.[CH3][Ti][CH3]. The van der Waals surface area contributed by atoms with Gasteiger partial charge in [0, 0.05) is 0 Å². The van der Waals surface area contributed by atoms with Crippen molar-refractivity contribution in [1.29, 1.82) is 0 Å². The molecule has 0 aromatic heterocycles. The first kappa shape index (κ1) is 12.6. The molecule has 1 aliphatic rings. The maximum absolute atomic E-state index is 2.29. The number of hydrogen-bond acceptors (Lipinski definition) is 0. The summed E-state index contributed by atoms with van der Waals surface area (Å²) >= 11 is 0.500. The molecule has 86 valence electrons. The second-order valence-electron chi connectivity index (χ2n) is 4.52. The standard InChI is InChI=1S/C14H12.2CH3.Ti/c1-10-8-12-7-6-11-4-2-3-5-13(11)14(12)9-10;;;/h2-8H,9H2,1H3;2*1H3;. The van der Waals surface area contributed by atoms with Crippen molar-refractivity contribution >= 4 is 16.8 Å². The third-order valence-corrected chi connectivity index (χ3v) is 2.93. The molecule has 0 fully saturated rings. The van der Waals surface area contributed by atoms with Crippen LogP contribution in [0.4, 0.5) is 0 Å². The van der Waals surface area contributed by atoms with Gasteiger partial charge in [-0.2, -0.15) is 0 Å². The Bertz CT molecular complexity index is 552. The number of allylic oxidation sites excluding steroid dienone is 1. The fourth-order valence-electron chi connectivity index (χ4n) is 2.28. The average Bonchev–Trinajstić information content (AvgIpc) is 2.71. The minimum absolute atomic E-state index is 0.500. The molecule has 0 spiro atoms. The van der Waals surface area contributed by atoms with Gasteiger partial charge in [0.15, 0.2) is 0 Å². The van der Waals surface area contributed by atoms with E-state index in [4.69, 9.17) is 0 Å². The Morgan fingerprint density at radius 2 is 1.71 bits per heavy atom. The first-order valence-corrected chi connectivity index (χ1v) is 9.15. The summed E-state index contributed by atoms with van der Waals surface area (Å²) in [6.07, 6.45) is 3.42. The van der Waals surface area contributed by atoms with Crippen molar-refractivity contribution in [2.45, 2.75) is 23.8 Å². The van der Waals surface area contributed by atoms with Crippen LogP contribution in [-0.2, 0) is 25.6 Å². The molecule has 2 aromatic carbocycles. The predicted molar refractivity (Wildman–Crippen MR) is 73.0 cm³/mol. The Hall–Kier alpha value is -0.846. The van der Waals surface area contributed by atoms with Crippen molar-refractivity contribution < 1.29 is 19.2 Å². The molecule has 3 rings (SSSR count). The van der Waals surface area contributed by atoms with Gasteiger partial charge in [0.2, 0.25) is 0 Å². The molecule has 0 bridgehead atoms. The summed E-state index contributed by atoms with van der Waals surface area (Å²) in [7, 11) is 0. The van der Waals surface area contributed by atoms with Crippen LogP contribution in [0.15, 0.2) is 42.0 Å². The summed E-state index contributed by atoms with van der Waals surface area (Å²) in [5, 5.41) is 7.27. The van der Waals surface area contributed by atoms with Gasteiger partial charge in [0.05, 0.1) is 0 Å². The van der Waals surface area contributed by atoms with Gasteiger partial charge in [-0.15, -0.1) is 0 Å². The van der Waals surface area contributed by atoms with E-state index in [1.165, 1.54) is 27.5 Å². The third kappa shape index (κ3) is 2.70. The van der Waals surface area contributed by atoms with E-state index < -0.39 is 0 Å². The molecule has 0 nitrogen and oxygen atoms in total. The van der Waals surface area contributed by atoms with Gasteiger partial charge in [-0.3, -0.25) is 0 Å². The minimum atomic E-state index is 0.500. The fraction of sp³-hybridized carbons (Fsp3) is 0.250. The van der Waals surface area contributed by atoms with Crippen LogP contribution in [0.3, 0.4) is 0 Å². The van der Waals surface area contributed by atoms with E-state index in [1.807, 2.05) is 0 Å². The van der Waals surface area contributed by atoms with Gasteiger partial charge in [0.1, 0.15) is 0 Å².